The van der Waals surface area contributed by atoms with Gasteiger partial charge in [0, 0.05) is 5.56 Å². The van der Waals surface area contributed by atoms with Gasteiger partial charge in [-0.25, -0.2) is 0 Å². The highest BCUT2D eigenvalue weighted by atomic mass is 16.5. The van der Waals surface area contributed by atoms with Gasteiger partial charge in [-0.2, -0.15) is 5.26 Å². The number of nitrogens with zero attached hydrogens (tertiary/aromatic N) is 1. The fourth-order valence-electron chi connectivity index (χ4n) is 2.67. The first-order valence-corrected chi connectivity index (χ1v) is 7.13. The highest BCUT2D eigenvalue weighted by Gasteiger charge is 2.27. The Morgan fingerprint density at radius 3 is 2.68 bits per heavy atom. The second-order valence-corrected chi connectivity index (χ2v) is 5.82. The Balaban J connectivity index is 2.20. The molecule has 0 spiro atoms. The second kappa shape index (κ2) is 5.23. The van der Waals surface area contributed by atoms with Crippen molar-refractivity contribution in [3.63, 3.8) is 0 Å². The average Bonchev–Trinajstić information content (AvgIpc) is 2.53. The van der Waals surface area contributed by atoms with E-state index in [2.05, 4.69) is 12.1 Å². The Morgan fingerprint density at radius 1 is 1.14 bits per heavy atom. The summed E-state index contributed by atoms with van der Waals surface area (Å²) in [6, 6.07) is 15.6. The Kier molecular flexibility index (Phi) is 3.38. The maximum absolute atomic E-state index is 9.15. The lowest BCUT2D eigenvalue weighted by atomic mass is 9.89. The fourth-order valence-corrected chi connectivity index (χ4v) is 2.67. The molecule has 2 aromatic carbocycles. The summed E-state index contributed by atoms with van der Waals surface area (Å²) in [6.45, 7) is 4.04. The number of ether oxygens (including phenoxy) is 2. The molecular weight excluding hydrogens is 274 g/mol. The standard InChI is InChI=1S/C19H17NO2/c1-19(2)11-17(14-5-4-6-15(10-14)21-3)16-9-13(12-20)7-8-18(16)22-19/h4-11H,1-3H3. The first-order chi connectivity index (χ1) is 10.5. The lowest BCUT2D eigenvalue weighted by molar-refractivity contribution is 0.158. The zero-order chi connectivity index (χ0) is 15.7. The Bertz CT molecular complexity index is 797. The Labute approximate surface area is 130 Å². The normalized spacial score (nSPS) is 15.1. The van der Waals surface area contributed by atoms with Crippen molar-refractivity contribution in [2.24, 2.45) is 0 Å². The summed E-state index contributed by atoms with van der Waals surface area (Å²) in [5.74, 6) is 1.60. The summed E-state index contributed by atoms with van der Waals surface area (Å²) in [5.41, 5.74) is 3.26. The van der Waals surface area contributed by atoms with Crippen molar-refractivity contribution < 1.29 is 9.47 Å². The molecular formula is C19H17NO2. The third-order valence-corrected chi connectivity index (χ3v) is 3.64. The van der Waals surface area contributed by atoms with E-state index in [4.69, 9.17) is 14.7 Å². The van der Waals surface area contributed by atoms with Gasteiger partial charge < -0.3 is 9.47 Å². The van der Waals surface area contributed by atoms with Gasteiger partial charge in [-0.1, -0.05) is 12.1 Å². The summed E-state index contributed by atoms with van der Waals surface area (Å²) >= 11 is 0. The van der Waals surface area contributed by atoms with Crippen LogP contribution in [0.3, 0.4) is 0 Å². The quantitative estimate of drug-likeness (QED) is 0.834. The SMILES string of the molecule is COc1cccc(C2=CC(C)(C)Oc3ccc(C#N)cc32)c1. The molecule has 0 fully saturated rings. The third kappa shape index (κ3) is 2.56. The molecule has 0 unspecified atom stereocenters. The number of rotatable bonds is 2. The van der Waals surface area contributed by atoms with Crippen LogP contribution in [-0.2, 0) is 0 Å². The van der Waals surface area contributed by atoms with Gasteiger partial charge in [-0.3, -0.25) is 0 Å². The van der Waals surface area contributed by atoms with Crippen LogP contribution in [0, 0.1) is 11.3 Å². The van der Waals surface area contributed by atoms with E-state index in [1.807, 2.05) is 50.2 Å². The molecule has 110 valence electrons. The van der Waals surface area contributed by atoms with Crippen LogP contribution in [0.1, 0.15) is 30.5 Å². The number of hydrogen-bond acceptors (Lipinski definition) is 3. The van der Waals surface area contributed by atoms with Gasteiger partial charge in [0.05, 0.1) is 18.7 Å². The second-order valence-electron chi connectivity index (χ2n) is 5.82. The van der Waals surface area contributed by atoms with E-state index in [1.54, 1.807) is 13.2 Å². The summed E-state index contributed by atoms with van der Waals surface area (Å²) in [6.07, 6.45) is 2.09. The zero-order valence-electron chi connectivity index (χ0n) is 12.9. The molecule has 0 saturated carbocycles. The molecule has 0 aromatic heterocycles. The maximum Gasteiger partial charge on any atom is 0.128 e. The first-order valence-electron chi connectivity index (χ1n) is 7.13. The smallest absolute Gasteiger partial charge is 0.128 e. The largest absolute Gasteiger partial charge is 0.497 e. The minimum absolute atomic E-state index is 0.403. The molecule has 0 atom stereocenters. The van der Waals surface area contributed by atoms with E-state index in [-0.39, 0.29) is 0 Å². The molecule has 1 aliphatic rings. The van der Waals surface area contributed by atoms with E-state index in [0.29, 0.717) is 5.56 Å². The van der Waals surface area contributed by atoms with Crippen molar-refractivity contribution in [3.05, 3.63) is 65.2 Å². The molecule has 1 aliphatic heterocycles. The minimum Gasteiger partial charge on any atom is -0.497 e. The van der Waals surface area contributed by atoms with Crippen molar-refractivity contribution in [1.82, 2.24) is 0 Å². The highest BCUT2D eigenvalue weighted by Crippen LogP contribution is 2.40. The van der Waals surface area contributed by atoms with Gasteiger partial charge in [-0.05, 0) is 61.4 Å². The molecule has 0 N–H and O–H groups in total. The van der Waals surface area contributed by atoms with Crippen LogP contribution < -0.4 is 9.47 Å². The third-order valence-electron chi connectivity index (χ3n) is 3.64. The Hall–Kier alpha value is -2.73. The van der Waals surface area contributed by atoms with Gasteiger partial charge in [0.1, 0.15) is 17.1 Å². The van der Waals surface area contributed by atoms with Crippen LogP contribution in [0.25, 0.3) is 5.57 Å². The number of fused-ring (bicyclic) bond motifs is 1. The molecule has 0 saturated heterocycles. The van der Waals surface area contributed by atoms with Crippen molar-refractivity contribution in [3.8, 4) is 17.6 Å². The van der Waals surface area contributed by atoms with E-state index in [0.717, 1.165) is 28.2 Å². The predicted octanol–water partition coefficient (Wildman–Crippen LogP) is 4.17. The number of methoxy groups -OCH3 is 1. The Morgan fingerprint density at radius 2 is 1.95 bits per heavy atom. The number of hydrogen-bond donors (Lipinski definition) is 0. The molecule has 0 amide bonds. The molecule has 0 bridgehead atoms. The molecule has 3 rings (SSSR count). The highest BCUT2D eigenvalue weighted by molar-refractivity contribution is 5.85. The lowest BCUT2D eigenvalue weighted by Gasteiger charge is -2.31. The van der Waals surface area contributed by atoms with Crippen molar-refractivity contribution >= 4 is 5.57 Å². The topological polar surface area (TPSA) is 42.2 Å². The average molecular weight is 291 g/mol. The molecule has 22 heavy (non-hydrogen) atoms. The van der Waals surface area contributed by atoms with Crippen LogP contribution in [0.4, 0.5) is 0 Å². The van der Waals surface area contributed by atoms with Crippen LogP contribution in [0.2, 0.25) is 0 Å². The van der Waals surface area contributed by atoms with Crippen LogP contribution in [0.15, 0.2) is 48.5 Å². The minimum atomic E-state index is -0.403. The number of benzene rings is 2. The molecule has 1 heterocycles. The molecule has 2 aromatic rings. The van der Waals surface area contributed by atoms with E-state index in [1.165, 1.54) is 0 Å². The van der Waals surface area contributed by atoms with Crippen LogP contribution in [-0.4, -0.2) is 12.7 Å². The monoisotopic (exact) mass is 291 g/mol. The van der Waals surface area contributed by atoms with E-state index < -0.39 is 5.60 Å². The summed E-state index contributed by atoms with van der Waals surface area (Å²) in [4.78, 5) is 0. The lowest BCUT2D eigenvalue weighted by Crippen LogP contribution is -2.29. The van der Waals surface area contributed by atoms with Gasteiger partial charge in [0.25, 0.3) is 0 Å². The summed E-state index contributed by atoms with van der Waals surface area (Å²) in [7, 11) is 1.66. The van der Waals surface area contributed by atoms with E-state index in [9.17, 15) is 0 Å². The molecule has 3 nitrogen and oxygen atoms in total. The summed E-state index contributed by atoms with van der Waals surface area (Å²) in [5, 5.41) is 9.15. The van der Waals surface area contributed by atoms with Gasteiger partial charge in [0.15, 0.2) is 0 Å². The van der Waals surface area contributed by atoms with Crippen LogP contribution >= 0.6 is 0 Å². The van der Waals surface area contributed by atoms with Crippen LogP contribution in [0.5, 0.6) is 11.5 Å². The molecule has 3 heteroatoms. The van der Waals surface area contributed by atoms with Crippen molar-refractivity contribution in [1.29, 1.82) is 5.26 Å². The number of nitriles is 1. The first kappa shape index (κ1) is 14.2. The van der Waals surface area contributed by atoms with Gasteiger partial charge in [0.2, 0.25) is 0 Å². The molecule has 0 radical (unpaired) electrons. The van der Waals surface area contributed by atoms with Gasteiger partial charge >= 0.3 is 0 Å². The van der Waals surface area contributed by atoms with Crippen molar-refractivity contribution in [2.75, 3.05) is 7.11 Å². The van der Waals surface area contributed by atoms with Gasteiger partial charge in [-0.15, -0.1) is 0 Å². The summed E-state index contributed by atoms with van der Waals surface area (Å²) < 4.78 is 11.3. The predicted molar refractivity (Wildman–Crippen MR) is 85.9 cm³/mol. The maximum atomic E-state index is 9.15. The zero-order valence-corrected chi connectivity index (χ0v) is 12.9. The fraction of sp³-hybridized carbons (Fsp3) is 0.211. The van der Waals surface area contributed by atoms with E-state index >= 15 is 0 Å². The molecule has 0 aliphatic carbocycles. The van der Waals surface area contributed by atoms with Crippen molar-refractivity contribution in [2.45, 2.75) is 19.4 Å².